The molecule has 0 aliphatic carbocycles. The van der Waals surface area contributed by atoms with Gasteiger partial charge in [-0.05, 0) is 285 Å². The predicted molar refractivity (Wildman–Crippen MR) is 365 cm³/mol. The van der Waals surface area contributed by atoms with Gasteiger partial charge >= 0.3 is 0 Å². The van der Waals surface area contributed by atoms with Crippen LogP contribution in [0.1, 0.15) is 100 Å². The fraction of sp³-hybridized carbons (Fsp3) is 0.346. The zero-order valence-corrected chi connectivity index (χ0v) is 49.9. The number of hydrogen-bond donors (Lipinski definition) is 0. The van der Waals surface area contributed by atoms with Crippen LogP contribution < -0.4 is 21.9 Å². The molecule has 0 aliphatic rings. The van der Waals surface area contributed by atoms with E-state index in [0.29, 0.717) is 38.5 Å². The molecule has 18 heteroatoms. The third-order valence-corrected chi connectivity index (χ3v) is 20.1. The van der Waals surface area contributed by atoms with E-state index >= 15 is 0 Å². The highest BCUT2D eigenvalue weighted by molar-refractivity contribution is 7.89. The van der Waals surface area contributed by atoms with Crippen molar-refractivity contribution in [3.63, 3.8) is 0 Å². The van der Waals surface area contributed by atoms with Gasteiger partial charge in [-0.15, -0.1) is 5.46 Å². The number of rotatable bonds is 10. The summed E-state index contributed by atoms with van der Waals surface area (Å²) in [5.41, 5.74) is 38.0. The smallest absolute Gasteiger partial charge is 0.102 e. The first-order valence-corrected chi connectivity index (χ1v) is 27.6. The molecule has 338 valence electrons. The summed E-state index contributed by atoms with van der Waals surface area (Å²) in [5.74, 6) is 0. The molecule has 0 fully saturated rings. The normalized spacial score (nSPS) is 11.6. The predicted octanol–water partition coefficient (Wildman–Crippen LogP) is -0.860. The Bertz CT molecular complexity index is 3320. The number of fused-ring (bicyclic) bond motifs is 4. The second kappa shape index (κ2) is 19.5. The average molecular weight is 896 g/mol. The maximum Gasteiger partial charge on any atom is 0.139 e. The highest BCUT2D eigenvalue weighted by Gasteiger charge is 2.39. The van der Waals surface area contributed by atoms with Crippen LogP contribution in [0.15, 0.2) is 0 Å². The molecule has 0 aromatic heterocycles. The van der Waals surface area contributed by atoms with Crippen molar-refractivity contribution in [2.24, 2.45) is 0 Å². The van der Waals surface area contributed by atoms with Crippen molar-refractivity contribution < 1.29 is 0 Å². The van der Waals surface area contributed by atoms with Crippen LogP contribution in [0.4, 0.5) is 0 Å². The van der Waals surface area contributed by atoms with Gasteiger partial charge in [0.25, 0.3) is 0 Å². The fourth-order valence-electron chi connectivity index (χ4n) is 15.1. The summed E-state index contributed by atoms with van der Waals surface area (Å²) >= 11 is 0. The molecule has 0 bridgehead atoms. The monoisotopic (exact) mass is 899 g/mol. The Morgan fingerprint density at radius 2 is 0.586 bits per heavy atom. The Hall–Kier alpha value is -3.25. The third-order valence-electron chi connectivity index (χ3n) is 20.1. The van der Waals surface area contributed by atoms with Gasteiger partial charge in [0, 0.05) is 32.6 Å². The van der Waals surface area contributed by atoms with E-state index in [4.69, 9.17) is 0 Å². The van der Waals surface area contributed by atoms with E-state index in [1.54, 1.807) is 16.3 Å². The molecule has 0 N–H and O–H groups in total. The lowest BCUT2D eigenvalue weighted by atomic mass is 8.67. The first-order valence-electron chi connectivity index (χ1n) is 27.6. The van der Waals surface area contributed by atoms with Gasteiger partial charge in [-0.3, -0.25) is 0 Å². The molecule has 7 rings (SSSR count). The minimum absolute atomic E-state index is 0.458. The Balaban J connectivity index is 1.90. The van der Waals surface area contributed by atoms with Gasteiger partial charge in [-0.25, -0.2) is 0 Å². The average Bonchev–Trinajstić information content (AvgIpc) is 3.30. The van der Waals surface area contributed by atoms with Gasteiger partial charge in [0.2, 0.25) is 0 Å². The fourth-order valence-corrected chi connectivity index (χ4v) is 15.1. The van der Waals surface area contributed by atoms with E-state index < -0.39 is 0 Å². The molecule has 0 saturated heterocycles. The van der Waals surface area contributed by atoms with Crippen molar-refractivity contribution in [3.8, 4) is 22.3 Å². The lowest BCUT2D eigenvalue weighted by Gasteiger charge is -2.36. The van der Waals surface area contributed by atoms with E-state index in [9.17, 15) is 0 Å². The summed E-state index contributed by atoms with van der Waals surface area (Å²) in [7, 11) is 27.1. The number of benzene rings is 7. The summed E-state index contributed by atoms with van der Waals surface area (Å²) in [5, 5.41) is 11.8. The first kappa shape index (κ1) is 54.5. The lowest BCUT2D eigenvalue weighted by molar-refractivity contribution is 1.22. The number of aryl methyl sites for hydroxylation is 10. The lowest BCUT2D eigenvalue weighted by Crippen LogP contribution is -2.72. The van der Waals surface area contributed by atoms with Crippen molar-refractivity contribution in [1.82, 2.24) is 0 Å². The molecule has 7 aromatic rings. The van der Waals surface area contributed by atoms with E-state index in [1.165, 1.54) is 178 Å². The number of hydrogen-bond acceptors (Lipinski definition) is 0. The Morgan fingerprint density at radius 3 is 0.943 bits per heavy atom. The minimum Gasteiger partial charge on any atom is -0.102 e. The topological polar surface area (TPSA) is 0 Å². The van der Waals surface area contributed by atoms with Crippen molar-refractivity contribution in [3.05, 3.63) is 100 Å². The standard InChI is InChI=1S/C52H76B18/c1-19-20(2)26(8)38-35(17)39(32(14)31(13)37(38)25(19)7)46-41-27(9)21(3)23(5)29(11)43(41)47(44-30(12)24(6)22(4)28(10)42(44)46)45-36(18)40-33(15)34(16)51(65(67(56)57)68(58)59)52(48(40)49(53)50(45)63-54)66(69(60)61)70(62)64-55/h63-64H,53-62H2,1-18H3. The molecule has 0 saturated carbocycles. The van der Waals surface area contributed by atoms with Gasteiger partial charge in [0.05, 0.1) is 82.6 Å². The Morgan fingerprint density at radius 1 is 0.286 bits per heavy atom. The molecule has 70 heavy (non-hydrogen) atoms. The summed E-state index contributed by atoms with van der Waals surface area (Å²) in [6.07, 6.45) is 2.16. The summed E-state index contributed by atoms with van der Waals surface area (Å²) < 4.78 is 0. The zero-order chi connectivity index (χ0) is 52.5. The SMILES string of the molecule is BBB(B)B(B(B)B)c1c(B(B(B)B)B(B)B)c(C)c(C)c2c(C)c(-c3c4c(C)c(C)c(C)c(C)c4c(-c4c(C)c(C)c5c(C)c(C)c(C)c(C)c5c4C)c4c(C)c(C)c(C)c(C)c34)c(BB)c(B)c12. The van der Waals surface area contributed by atoms with Gasteiger partial charge in [0.1, 0.15) is 15.0 Å². The minimum atomic E-state index is 0.458. The summed E-state index contributed by atoms with van der Waals surface area (Å²) in [6, 6.07) is 0. The molecule has 0 heterocycles. The highest BCUT2D eigenvalue weighted by atomic mass is 14.3. The molecule has 0 atom stereocenters. The third kappa shape index (κ3) is 7.71. The van der Waals surface area contributed by atoms with Crippen LogP contribution in [0.25, 0.3) is 65.3 Å². The van der Waals surface area contributed by atoms with Crippen LogP contribution in [0.2, 0.25) is 0 Å². The largest absolute Gasteiger partial charge is 0.139 e. The summed E-state index contributed by atoms with van der Waals surface area (Å²) in [4.78, 5) is 0. The van der Waals surface area contributed by atoms with Crippen molar-refractivity contribution in [2.75, 3.05) is 0 Å². The maximum absolute atomic E-state index is 2.54. The van der Waals surface area contributed by atoms with E-state index in [1.807, 2.05) is 0 Å². The molecule has 0 spiro atoms. The van der Waals surface area contributed by atoms with Crippen LogP contribution in [0.5, 0.6) is 0 Å². The molecule has 0 nitrogen and oxygen atoms in total. The Labute approximate surface area is 439 Å². The molecule has 0 aliphatic heterocycles. The molecule has 7 aromatic carbocycles. The highest BCUT2D eigenvalue weighted by Crippen LogP contribution is 2.53. The van der Waals surface area contributed by atoms with Gasteiger partial charge in [-0.2, -0.15) is 0 Å². The molecule has 0 amide bonds. The molecule has 0 unspecified atom stereocenters. The van der Waals surface area contributed by atoms with Crippen LogP contribution in [-0.2, 0) is 0 Å². The van der Waals surface area contributed by atoms with Crippen molar-refractivity contribution in [2.45, 2.75) is 125 Å². The van der Waals surface area contributed by atoms with E-state index in [2.05, 4.69) is 202 Å². The first-order chi connectivity index (χ1) is 32.6. The van der Waals surface area contributed by atoms with E-state index in [0.717, 1.165) is 7.17 Å². The second-order valence-corrected chi connectivity index (χ2v) is 24.2. The van der Waals surface area contributed by atoms with Crippen molar-refractivity contribution in [1.29, 1.82) is 0 Å². The zero-order valence-electron chi connectivity index (χ0n) is 49.9. The molecular formula is C52H76B18. The van der Waals surface area contributed by atoms with Gasteiger partial charge in [-0.1, -0.05) is 22.0 Å². The van der Waals surface area contributed by atoms with E-state index in [-0.39, 0.29) is 0 Å². The van der Waals surface area contributed by atoms with Crippen LogP contribution in [0, 0.1) is 125 Å². The second-order valence-electron chi connectivity index (χ2n) is 24.2. The molecular weight excluding hydrogens is 819 g/mol. The Kier molecular flexibility index (Phi) is 15.2. The van der Waals surface area contributed by atoms with Crippen molar-refractivity contribution >= 4 is 195 Å². The maximum atomic E-state index is 2.54. The molecule has 0 radical (unpaired) electrons. The van der Waals surface area contributed by atoms with Crippen LogP contribution >= 0.6 is 0 Å². The van der Waals surface area contributed by atoms with Crippen LogP contribution in [-0.4, -0.2) is 130 Å². The summed E-state index contributed by atoms with van der Waals surface area (Å²) in [6.45, 7) is 44.6. The quantitative estimate of drug-likeness (QED) is 0.124. The van der Waals surface area contributed by atoms with Gasteiger partial charge in [0.15, 0.2) is 0 Å². The van der Waals surface area contributed by atoms with Crippen LogP contribution in [0.3, 0.4) is 0 Å². The van der Waals surface area contributed by atoms with Gasteiger partial charge < -0.3 is 0 Å².